The molecule has 0 bridgehead atoms. The van der Waals surface area contributed by atoms with Crippen LogP contribution in [0.3, 0.4) is 0 Å². The van der Waals surface area contributed by atoms with Crippen molar-refractivity contribution in [3.63, 3.8) is 0 Å². The molecular weight excluding hydrogens is 550 g/mol. The number of pyridine rings is 2. The minimum absolute atomic E-state index is 0.112. The zero-order valence-electron chi connectivity index (χ0n) is 25.1. The zero-order valence-corrected chi connectivity index (χ0v) is 25.1. The van der Waals surface area contributed by atoms with E-state index in [1.165, 1.54) is 29.8 Å². The van der Waals surface area contributed by atoms with Gasteiger partial charge in [0, 0.05) is 85.4 Å². The zero-order chi connectivity index (χ0) is 29.5. The number of nitrogens with zero attached hydrogens (tertiary/aromatic N) is 3. The Hall–Kier alpha value is -4.14. The van der Waals surface area contributed by atoms with Gasteiger partial charge in [-0.1, -0.05) is 18.2 Å². The predicted molar refractivity (Wildman–Crippen MR) is 173 cm³/mol. The van der Waals surface area contributed by atoms with Gasteiger partial charge in [0.1, 0.15) is 11.5 Å². The van der Waals surface area contributed by atoms with Gasteiger partial charge in [-0.05, 0) is 73.7 Å². The van der Waals surface area contributed by atoms with Crippen LogP contribution in [0, 0.1) is 0 Å². The summed E-state index contributed by atoms with van der Waals surface area (Å²) in [5.74, 6) is 2.39. The number of ether oxygens (including phenoxy) is 2. The van der Waals surface area contributed by atoms with Crippen molar-refractivity contribution in [3.05, 3.63) is 99.6 Å². The average molecular weight is 590 g/mol. The number of aromatic nitrogens is 2. The van der Waals surface area contributed by atoms with E-state index in [1.54, 1.807) is 6.07 Å². The van der Waals surface area contributed by atoms with Crippen molar-refractivity contribution in [2.24, 2.45) is 0 Å². The van der Waals surface area contributed by atoms with E-state index in [0.717, 1.165) is 91.7 Å². The molecule has 44 heavy (non-hydrogen) atoms. The van der Waals surface area contributed by atoms with Crippen LogP contribution < -0.4 is 20.5 Å². The van der Waals surface area contributed by atoms with Crippen LogP contribution in [0.1, 0.15) is 54.1 Å². The van der Waals surface area contributed by atoms with Gasteiger partial charge in [0.25, 0.3) is 0 Å². The normalized spacial score (nSPS) is 18.8. The number of fused-ring (bicyclic) bond motifs is 2. The molecule has 8 heteroatoms. The van der Waals surface area contributed by atoms with E-state index in [4.69, 9.17) is 14.5 Å². The second-order valence-corrected chi connectivity index (χ2v) is 12.6. The van der Waals surface area contributed by atoms with E-state index in [-0.39, 0.29) is 5.56 Å². The number of morpholine rings is 1. The number of hydrogen-bond donors (Lipinski definition) is 2. The lowest BCUT2D eigenvalue weighted by Crippen LogP contribution is -2.38. The highest BCUT2D eigenvalue weighted by Crippen LogP contribution is 2.43. The number of H-pyrrole nitrogens is 1. The molecular formula is C36H39N5O3. The van der Waals surface area contributed by atoms with Crippen LogP contribution in [-0.4, -0.2) is 60.3 Å². The van der Waals surface area contributed by atoms with Crippen molar-refractivity contribution in [1.29, 1.82) is 0 Å². The van der Waals surface area contributed by atoms with Crippen LogP contribution in [0.5, 0.6) is 11.5 Å². The molecule has 2 saturated heterocycles. The fourth-order valence-corrected chi connectivity index (χ4v) is 6.85. The molecule has 2 N–H and O–H groups in total. The molecule has 2 aromatic carbocycles. The van der Waals surface area contributed by atoms with Crippen molar-refractivity contribution < 1.29 is 9.47 Å². The topological polar surface area (TPSA) is 82.7 Å². The summed E-state index contributed by atoms with van der Waals surface area (Å²) < 4.78 is 12.0. The van der Waals surface area contributed by atoms with Crippen LogP contribution in [0.2, 0.25) is 0 Å². The Labute approximate surface area is 258 Å². The quantitative estimate of drug-likeness (QED) is 0.244. The van der Waals surface area contributed by atoms with Gasteiger partial charge in [0.2, 0.25) is 5.56 Å². The molecule has 1 saturated carbocycles. The maximum atomic E-state index is 12.7. The molecule has 0 unspecified atom stereocenters. The minimum Gasteiger partial charge on any atom is -0.456 e. The van der Waals surface area contributed by atoms with Crippen molar-refractivity contribution in [1.82, 2.24) is 14.9 Å². The summed E-state index contributed by atoms with van der Waals surface area (Å²) in [6, 6.07) is 23.4. The van der Waals surface area contributed by atoms with Crippen molar-refractivity contribution in [2.75, 3.05) is 49.6 Å². The molecule has 0 radical (unpaired) electrons. The van der Waals surface area contributed by atoms with Gasteiger partial charge in [0.05, 0.1) is 24.6 Å². The molecule has 8 nitrogen and oxygen atoms in total. The van der Waals surface area contributed by atoms with E-state index in [2.05, 4.69) is 74.7 Å². The minimum atomic E-state index is -0.112. The number of para-hydroxylation sites is 1. The first-order valence-corrected chi connectivity index (χ1v) is 16.1. The Morgan fingerprint density at radius 2 is 1.73 bits per heavy atom. The molecule has 3 aliphatic heterocycles. The standard InChI is InChI=1S/C36H39N5O3/c42-35-22-30(41-15-17-43-18-16-41)21-33(39-35)31-5-1-3-25-19-26-20-28(9-10-34(26)44-36(25)31)37-27-11-13-40(14-12-27)23-29-4-2-6-32(38-29)24-7-8-24/h1-6,9-10,20-22,24,27,37H,7-8,11-19,23H2,(H,39,42). The molecule has 0 amide bonds. The number of piperidine rings is 1. The molecule has 0 atom stereocenters. The van der Waals surface area contributed by atoms with Gasteiger partial charge in [-0.15, -0.1) is 0 Å². The van der Waals surface area contributed by atoms with Crippen LogP contribution in [0.25, 0.3) is 11.3 Å². The predicted octanol–water partition coefficient (Wildman–Crippen LogP) is 5.92. The third-order valence-corrected chi connectivity index (χ3v) is 9.41. The fraction of sp³-hybridized carbons (Fsp3) is 0.389. The molecule has 3 fully saturated rings. The molecule has 2 aromatic heterocycles. The van der Waals surface area contributed by atoms with Crippen LogP contribution in [-0.2, 0) is 17.7 Å². The van der Waals surface area contributed by atoms with E-state index in [0.29, 0.717) is 25.2 Å². The largest absolute Gasteiger partial charge is 0.456 e. The fourth-order valence-electron chi connectivity index (χ4n) is 6.85. The Morgan fingerprint density at radius 1 is 0.886 bits per heavy atom. The lowest BCUT2D eigenvalue weighted by atomic mass is 9.95. The first kappa shape index (κ1) is 27.4. The number of rotatable bonds is 7. The lowest BCUT2D eigenvalue weighted by Gasteiger charge is -2.33. The first-order valence-electron chi connectivity index (χ1n) is 16.1. The Balaban J connectivity index is 0.931. The Bertz CT molecular complexity index is 1720. The number of anilines is 2. The number of hydrogen-bond acceptors (Lipinski definition) is 7. The van der Waals surface area contributed by atoms with Gasteiger partial charge < -0.3 is 24.7 Å². The van der Waals surface area contributed by atoms with Gasteiger partial charge in [-0.3, -0.25) is 14.7 Å². The Morgan fingerprint density at radius 3 is 2.57 bits per heavy atom. The summed E-state index contributed by atoms with van der Waals surface area (Å²) in [6.07, 6.45) is 5.60. The highest BCUT2D eigenvalue weighted by molar-refractivity contribution is 5.74. The molecule has 8 rings (SSSR count). The van der Waals surface area contributed by atoms with Gasteiger partial charge in [-0.25, -0.2) is 0 Å². The van der Waals surface area contributed by atoms with Crippen molar-refractivity contribution in [2.45, 2.75) is 50.6 Å². The number of benzene rings is 2. The summed E-state index contributed by atoms with van der Waals surface area (Å²) in [7, 11) is 0. The molecule has 4 aliphatic rings. The van der Waals surface area contributed by atoms with Crippen LogP contribution in [0.4, 0.5) is 11.4 Å². The number of likely N-dealkylation sites (tertiary alicyclic amines) is 1. The number of nitrogens with one attached hydrogen (secondary N) is 2. The van der Waals surface area contributed by atoms with E-state index in [9.17, 15) is 4.79 Å². The second-order valence-electron chi connectivity index (χ2n) is 12.6. The molecule has 0 spiro atoms. The van der Waals surface area contributed by atoms with Crippen molar-refractivity contribution >= 4 is 11.4 Å². The molecule has 4 aromatic rings. The van der Waals surface area contributed by atoms with E-state index in [1.807, 2.05) is 6.07 Å². The third kappa shape index (κ3) is 5.84. The summed E-state index contributed by atoms with van der Waals surface area (Å²) in [4.78, 5) is 25.4. The van der Waals surface area contributed by atoms with E-state index < -0.39 is 0 Å². The molecule has 226 valence electrons. The van der Waals surface area contributed by atoms with E-state index >= 15 is 0 Å². The second kappa shape index (κ2) is 11.7. The third-order valence-electron chi connectivity index (χ3n) is 9.41. The highest BCUT2D eigenvalue weighted by Gasteiger charge is 2.26. The molecule has 1 aliphatic carbocycles. The number of aromatic amines is 1. The van der Waals surface area contributed by atoms with Crippen molar-refractivity contribution in [3.8, 4) is 22.8 Å². The average Bonchev–Trinajstić information content (AvgIpc) is 3.91. The Kier molecular flexibility index (Phi) is 7.32. The van der Waals surface area contributed by atoms with Gasteiger partial charge in [0.15, 0.2) is 0 Å². The van der Waals surface area contributed by atoms with Gasteiger partial charge in [-0.2, -0.15) is 0 Å². The maximum Gasteiger partial charge on any atom is 0.250 e. The summed E-state index contributed by atoms with van der Waals surface area (Å²) in [5.41, 5.74) is 8.41. The molecule has 5 heterocycles. The first-order chi connectivity index (χ1) is 21.6. The summed E-state index contributed by atoms with van der Waals surface area (Å²) in [5, 5.41) is 3.80. The SMILES string of the molecule is O=c1cc(N2CCOCC2)cc(-c2cccc3c2Oc2ccc(NC4CCN(Cc5cccc(C6CC6)n5)CC4)cc2C3)[nH]1. The van der Waals surface area contributed by atoms with Crippen LogP contribution in [0.15, 0.2) is 71.5 Å². The monoisotopic (exact) mass is 589 g/mol. The smallest absolute Gasteiger partial charge is 0.250 e. The summed E-state index contributed by atoms with van der Waals surface area (Å²) in [6.45, 7) is 5.99. The van der Waals surface area contributed by atoms with Gasteiger partial charge >= 0.3 is 0 Å². The maximum absolute atomic E-state index is 12.7. The van der Waals surface area contributed by atoms with Crippen LogP contribution >= 0.6 is 0 Å². The lowest BCUT2D eigenvalue weighted by molar-refractivity contribution is 0.122. The summed E-state index contributed by atoms with van der Waals surface area (Å²) >= 11 is 0. The highest BCUT2D eigenvalue weighted by atomic mass is 16.5.